The Balaban J connectivity index is 1.21. The molecule has 6 aromatic rings. The summed E-state index contributed by atoms with van der Waals surface area (Å²) in [4.78, 5) is 15.8. The summed E-state index contributed by atoms with van der Waals surface area (Å²) in [5, 5.41) is 0. The van der Waals surface area contributed by atoms with Crippen LogP contribution in [0.4, 0.5) is 26.3 Å². The van der Waals surface area contributed by atoms with Crippen molar-refractivity contribution in [1.82, 2.24) is 19.9 Å². The van der Waals surface area contributed by atoms with E-state index < -0.39 is 23.9 Å². The maximum Gasteiger partial charge on any atom is 0.451 e. The van der Waals surface area contributed by atoms with Gasteiger partial charge in [-0.05, 0) is 72.8 Å². The quantitative estimate of drug-likeness (QED) is 0.178. The normalized spacial score (nSPS) is 12.0. The first-order valence-corrected chi connectivity index (χ1v) is 12.4. The molecule has 0 unspecified atom stereocenters. The van der Waals surface area contributed by atoms with Crippen LogP contribution in [0.5, 0.6) is 11.5 Å². The third kappa shape index (κ3) is 5.82. The number of hydrogen-bond donors (Lipinski definition) is 0. The van der Waals surface area contributed by atoms with Crippen molar-refractivity contribution in [2.24, 2.45) is 0 Å². The summed E-state index contributed by atoms with van der Waals surface area (Å²) in [5.41, 5.74) is 0.256. The molecule has 4 aromatic heterocycles. The lowest BCUT2D eigenvalue weighted by Gasteiger charge is -2.07. The Labute approximate surface area is 238 Å². The van der Waals surface area contributed by atoms with Crippen molar-refractivity contribution in [2.75, 3.05) is 0 Å². The highest BCUT2D eigenvalue weighted by atomic mass is 19.4. The average molecular weight is 594 g/mol. The van der Waals surface area contributed by atoms with Gasteiger partial charge in [-0.2, -0.15) is 26.3 Å². The molecule has 0 aliphatic heterocycles. The number of benzene rings is 2. The summed E-state index contributed by atoms with van der Waals surface area (Å²) in [5.74, 6) is -2.24. The maximum atomic E-state index is 13.6. The van der Waals surface area contributed by atoms with Crippen molar-refractivity contribution in [3.05, 3.63) is 109 Å². The van der Waals surface area contributed by atoms with E-state index in [1.54, 1.807) is 0 Å². The van der Waals surface area contributed by atoms with E-state index in [1.165, 1.54) is 97.6 Å². The lowest BCUT2D eigenvalue weighted by atomic mass is 10.1. The highest BCUT2D eigenvalue weighted by Gasteiger charge is 2.41. The molecule has 4 heterocycles. The Morgan fingerprint density at radius 1 is 0.465 bits per heavy atom. The van der Waals surface area contributed by atoms with Crippen LogP contribution in [0, 0.1) is 0 Å². The molecular weight excluding hydrogens is 578 g/mol. The van der Waals surface area contributed by atoms with E-state index in [2.05, 4.69) is 19.9 Å². The van der Waals surface area contributed by atoms with Gasteiger partial charge in [-0.15, -0.1) is 0 Å². The smallest absolute Gasteiger partial charge is 0.451 e. The van der Waals surface area contributed by atoms with Gasteiger partial charge in [-0.25, -0.2) is 9.97 Å². The SMILES string of the molecule is FC(F)(F)c1oc(-c2ccc(Oc3ccc(-c4nc(-c5ccncc5)c(C(F)(F)F)o4)cc3)cc2)nc1-c1ccncc1. The molecule has 2 aromatic carbocycles. The zero-order chi connectivity index (χ0) is 30.2. The number of oxazole rings is 2. The summed E-state index contributed by atoms with van der Waals surface area (Å²) in [7, 11) is 0. The molecule has 0 radical (unpaired) electrons. The van der Waals surface area contributed by atoms with Crippen LogP contribution in [0.15, 0.2) is 106 Å². The summed E-state index contributed by atoms with van der Waals surface area (Å²) < 4.78 is 97.8. The predicted molar refractivity (Wildman–Crippen MR) is 140 cm³/mol. The summed E-state index contributed by atoms with van der Waals surface area (Å²) in [6.07, 6.45) is -4.11. The van der Waals surface area contributed by atoms with Crippen LogP contribution in [0.2, 0.25) is 0 Å². The first kappa shape index (κ1) is 27.7. The van der Waals surface area contributed by atoms with E-state index >= 15 is 0 Å². The van der Waals surface area contributed by atoms with E-state index in [9.17, 15) is 26.3 Å². The summed E-state index contributed by atoms with van der Waals surface area (Å²) in [6, 6.07) is 17.6. The highest BCUT2D eigenvalue weighted by Crippen LogP contribution is 2.41. The van der Waals surface area contributed by atoms with Crippen LogP contribution >= 0.6 is 0 Å². The van der Waals surface area contributed by atoms with Crippen LogP contribution in [-0.4, -0.2) is 19.9 Å². The fraction of sp³-hybridized carbons (Fsp3) is 0.0667. The van der Waals surface area contributed by atoms with Crippen molar-refractivity contribution in [2.45, 2.75) is 12.4 Å². The molecule has 13 heteroatoms. The van der Waals surface area contributed by atoms with Crippen molar-refractivity contribution in [3.8, 4) is 56.9 Å². The fourth-order valence-electron chi connectivity index (χ4n) is 4.15. The Kier molecular flexibility index (Phi) is 6.92. The molecule has 216 valence electrons. The minimum Gasteiger partial charge on any atom is -0.457 e. The van der Waals surface area contributed by atoms with Crippen LogP contribution in [-0.2, 0) is 12.4 Å². The highest BCUT2D eigenvalue weighted by molar-refractivity contribution is 5.67. The second-order valence-electron chi connectivity index (χ2n) is 9.01. The molecule has 0 fully saturated rings. The number of aromatic nitrogens is 4. The van der Waals surface area contributed by atoms with E-state index in [0.717, 1.165) is 0 Å². The molecule has 0 N–H and O–H groups in total. The van der Waals surface area contributed by atoms with Gasteiger partial charge in [0.05, 0.1) is 0 Å². The molecule has 0 saturated heterocycles. The topological polar surface area (TPSA) is 87.1 Å². The summed E-state index contributed by atoms with van der Waals surface area (Å²) in [6.45, 7) is 0. The predicted octanol–water partition coefficient (Wildman–Crippen LogP) is 8.95. The van der Waals surface area contributed by atoms with Crippen molar-refractivity contribution in [3.63, 3.8) is 0 Å². The second-order valence-corrected chi connectivity index (χ2v) is 9.01. The lowest BCUT2D eigenvalue weighted by molar-refractivity contribution is -0.152. The number of ether oxygens (including phenoxy) is 1. The van der Waals surface area contributed by atoms with Gasteiger partial charge in [0, 0.05) is 47.0 Å². The molecular formula is C30H16F6N4O3. The Morgan fingerprint density at radius 2 is 0.814 bits per heavy atom. The molecule has 43 heavy (non-hydrogen) atoms. The lowest BCUT2D eigenvalue weighted by Crippen LogP contribution is -2.05. The minimum atomic E-state index is -4.76. The fourth-order valence-corrected chi connectivity index (χ4v) is 4.15. The van der Waals surface area contributed by atoms with Crippen molar-refractivity contribution >= 4 is 0 Å². The van der Waals surface area contributed by atoms with Crippen molar-refractivity contribution < 1.29 is 39.9 Å². The molecule has 0 saturated carbocycles. The largest absolute Gasteiger partial charge is 0.457 e. The monoisotopic (exact) mass is 594 g/mol. The van der Waals surface area contributed by atoms with Gasteiger partial charge in [-0.1, -0.05) is 0 Å². The molecule has 0 aliphatic rings. The van der Waals surface area contributed by atoms with E-state index in [0.29, 0.717) is 11.5 Å². The first-order valence-electron chi connectivity index (χ1n) is 12.4. The Morgan fingerprint density at radius 3 is 1.14 bits per heavy atom. The molecule has 0 aliphatic carbocycles. The van der Waals surface area contributed by atoms with Gasteiger partial charge in [0.1, 0.15) is 22.9 Å². The third-order valence-electron chi connectivity index (χ3n) is 6.12. The van der Waals surface area contributed by atoms with E-state index in [1.807, 2.05) is 0 Å². The van der Waals surface area contributed by atoms with E-state index in [-0.39, 0.29) is 45.4 Å². The van der Waals surface area contributed by atoms with Gasteiger partial charge in [0.2, 0.25) is 23.3 Å². The van der Waals surface area contributed by atoms with Gasteiger partial charge >= 0.3 is 12.4 Å². The number of alkyl halides is 6. The van der Waals surface area contributed by atoms with Gasteiger partial charge in [0.25, 0.3) is 0 Å². The maximum absolute atomic E-state index is 13.6. The molecule has 0 amide bonds. The van der Waals surface area contributed by atoms with Crippen LogP contribution in [0.3, 0.4) is 0 Å². The van der Waals surface area contributed by atoms with Gasteiger partial charge < -0.3 is 13.6 Å². The van der Waals surface area contributed by atoms with Gasteiger partial charge in [-0.3, -0.25) is 9.97 Å². The number of hydrogen-bond acceptors (Lipinski definition) is 7. The average Bonchev–Trinajstić information content (AvgIpc) is 3.66. The zero-order valence-corrected chi connectivity index (χ0v) is 21.5. The number of rotatable bonds is 6. The molecule has 0 atom stereocenters. The number of pyridine rings is 2. The summed E-state index contributed by atoms with van der Waals surface area (Å²) >= 11 is 0. The Hall–Kier alpha value is -5.46. The number of halogens is 6. The standard InChI is InChI=1S/C30H16F6N4O3/c31-29(32,33)25-23(17-9-13-37-14-10-17)39-27(42-25)19-1-5-21(6-2-19)41-22-7-3-20(4-8-22)28-40-24(18-11-15-38-16-12-18)26(43-28)30(34,35)36/h1-16H. The molecule has 7 nitrogen and oxygen atoms in total. The zero-order valence-electron chi connectivity index (χ0n) is 21.5. The van der Waals surface area contributed by atoms with Crippen molar-refractivity contribution in [1.29, 1.82) is 0 Å². The minimum absolute atomic E-state index is 0.202. The Bertz CT molecular complexity index is 1710. The van der Waals surface area contributed by atoms with Crippen LogP contribution < -0.4 is 4.74 Å². The third-order valence-corrected chi connectivity index (χ3v) is 6.12. The first-order chi connectivity index (χ1) is 20.6. The molecule has 0 bridgehead atoms. The molecule has 6 rings (SSSR count). The second kappa shape index (κ2) is 10.7. The van der Waals surface area contributed by atoms with Gasteiger partial charge in [0.15, 0.2) is 0 Å². The molecule has 0 spiro atoms. The van der Waals surface area contributed by atoms with Crippen LogP contribution in [0.25, 0.3) is 45.4 Å². The number of nitrogens with zero attached hydrogens (tertiary/aromatic N) is 4. The van der Waals surface area contributed by atoms with E-state index in [4.69, 9.17) is 13.6 Å². The van der Waals surface area contributed by atoms with Crippen LogP contribution in [0.1, 0.15) is 11.5 Å².